The molecule has 2 rings (SSSR count). The maximum atomic E-state index is 5.99. The number of anilines is 1. The van der Waals surface area contributed by atoms with Gasteiger partial charge in [-0.05, 0) is 19.1 Å². The topological polar surface area (TPSA) is 63.6 Å². The van der Waals surface area contributed by atoms with E-state index in [0.717, 1.165) is 0 Å². The van der Waals surface area contributed by atoms with Crippen molar-refractivity contribution in [3.8, 4) is 0 Å². The number of nitrogen functional groups attached to an aromatic ring is 1. The van der Waals surface area contributed by atoms with Crippen LogP contribution in [0.1, 0.15) is 5.69 Å². The minimum atomic E-state index is 0.339. The Bertz CT molecular complexity index is 601. The summed E-state index contributed by atoms with van der Waals surface area (Å²) in [5.74, 6) is 0. The summed E-state index contributed by atoms with van der Waals surface area (Å²) in [6, 6.07) is 3.11. The summed E-state index contributed by atoms with van der Waals surface area (Å²) in [4.78, 5) is 4.04. The number of hydrogen-bond donors (Lipinski definition) is 1. The molecule has 0 aliphatic carbocycles. The Labute approximate surface area is 122 Å². The van der Waals surface area contributed by atoms with Crippen LogP contribution in [0.4, 0.5) is 15.8 Å². The smallest absolute Gasteiger partial charge is 0.182 e. The number of thiazole rings is 1. The van der Waals surface area contributed by atoms with Crippen molar-refractivity contribution < 1.29 is 0 Å². The average molecular weight is 322 g/mol. The number of nitrogens with zero attached hydrogens (tertiary/aromatic N) is 3. The predicted octanol–water partition coefficient (Wildman–Crippen LogP) is 5.41. The third-order valence-electron chi connectivity index (χ3n) is 2.01. The fraction of sp³-hybridized carbons (Fsp3) is 0.100. The first-order chi connectivity index (χ1) is 8.47. The van der Waals surface area contributed by atoms with E-state index < -0.39 is 0 Å². The Morgan fingerprint density at radius 3 is 2.28 bits per heavy atom. The van der Waals surface area contributed by atoms with Gasteiger partial charge in [0, 0.05) is 5.02 Å². The highest BCUT2D eigenvalue weighted by Crippen LogP contribution is 2.38. The van der Waals surface area contributed by atoms with E-state index in [2.05, 4.69) is 15.2 Å². The monoisotopic (exact) mass is 320 g/mol. The van der Waals surface area contributed by atoms with E-state index in [1.165, 1.54) is 11.3 Å². The summed E-state index contributed by atoms with van der Waals surface area (Å²) >= 11 is 19.0. The van der Waals surface area contributed by atoms with Gasteiger partial charge in [0.1, 0.15) is 5.69 Å². The van der Waals surface area contributed by atoms with Gasteiger partial charge in [0.05, 0.1) is 15.7 Å². The molecule has 0 unspecified atom stereocenters. The molecule has 0 aliphatic heterocycles. The molecular weight excluding hydrogens is 315 g/mol. The van der Waals surface area contributed by atoms with Crippen LogP contribution in [0, 0.1) is 6.92 Å². The third-order valence-corrected chi connectivity index (χ3v) is 3.68. The lowest BCUT2D eigenvalue weighted by atomic mass is 10.3. The largest absolute Gasteiger partial charge is 0.375 e. The third kappa shape index (κ3) is 2.92. The Kier molecular flexibility index (Phi) is 4.07. The minimum absolute atomic E-state index is 0.339. The van der Waals surface area contributed by atoms with Crippen LogP contribution < -0.4 is 5.73 Å². The zero-order valence-corrected chi connectivity index (χ0v) is 12.2. The van der Waals surface area contributed by atoms with Crippen molar-refractivity contribution in [1.82, 2.24) is 4.98 Å². The molecule has 8 heteroatoms. The van der Waals surface area contributed by atoms with Crippen molar-refractivity contribution in [3.05, 3.63) is 32.9 Å². The molecule has 0 bridgehead atoms. The summed E-state index contributed by atoms with van der Waals surface area (Å²) in [5, 5.41) is 10.2. The molecule has 2 N–H and O–H groups in total. The van der Waals surface area contributed by atoms with E-state index in [-0.39, 0.29) is 0 Å². The lowest BCUT2D eigenvalue weighted by molar-refractivity contribution is 1.19. The Morgan fingerprint density at radius 1 is 1.17 bits per heavy atom. The molecule has 0 radical (unpaired) electrons. The van der Waals surface area contributed by atoms with Crippen LogP contribution in [0.15, 0.2) is 22.4 Å². The zero-order chi connectivity index (χ0) is 13.3. The number of aromatic nitrogens is 1. The molecule has 0 fully saturated rings. The summed E-state index contributed by atoms with van der Waals surface area (Å²) in [6.45, 7) is 1.80. The summed E-state index contributed by atoms with van der Waals surface area (Å²) in [7, 11) is 0. The predicted molar refractivity (Wildman–Crippen MR) is 76.9 cm³/mol. The fourth-order valence-corrected chi connectivity index (χ4v) is 2.78. The van der Waals surface area contributed by atoms with E-state index in [4.69, 9.17) is 40.5 Å². The van der Waals surface area contributed by atoms with Crippen molar-refractivity contribution in [3.63, 3.8) is 0 Å². The average Bonchev–Trinajstić information content (AvgIpc) is 2.55. The van der Waals surface area contributed by atoms with Gasteiger partial charge in [0.15, 0.2) is 10.1 Å². The summed E-state index contributed by atoms with van der Waals surface area (Å²) < 4.78 is 0. The molecule has 1 aromatic heterocycles. The first kappa shape index (κ1) is 13.5. The van der Waals surface area contributed by atoms with Crippen molar-refractivity contribution in [2.75, 3.05) is 5.73 Å². The molecule has 0 amide bonds. The van der Waals surface area contributed by atoms with Crippen molar-refractivity contribution >= 4 is 62.0 Å². The molecule has 0 aliphatic rings. The van der Waals surface area contributed by atoms with Gasteiger partial charge in [0.25, 0.3) is 0 Å². The van der Waals surface area contributed by atoms with Crippen LogP contribution >= 0.6 is 46.1 Å². The van der Waals surface area contributed by atoms with E-state index in [1.807, 2.05) is 0 Å². The zero-order valence-electron chi connectivity index (χ0n) is 9.12. The molecule has 18 heavy (non-hydrogen) atoms. The van der Waals surface area contributed by atoms with Crippen LogP contribution in [0.3, 0.4) is 0 Å². The Hall–Kier alpha value is -0.880. The molecule has 1 aromatic carbocycles. The lowest BCUT2D eigenvalue weighted by Gasteiger charge is -2.00. The number of halogens is 3. The van der Waals surface area contributed by atoms with Gasteiger partial charge in [-0.2, -0.15) is 0 Å². The van der Waals surface area contributed by atoms with Crippen molar-refractivity contribution in [1.29, 1.82) is 0 Å². The number of hydrogen-bond acceptors (Lipinski definition) is 5. The first-order valence-corrected chi connectivity index (χ1v) is 6.71. The van der Waals surface area contributed by atoms with Crippen molar-refractivity contribution in [2.24, 2.45) is 10.2 Å². The molecule has 0 spiro atoms. The maximum absolute atomic E-state index is 5.99. The molecule has 0 saturated carbocycles. The van der Waals surface area contributed by atoms with Gasteiger partial charge in [-0.15, -0.1) is 10.2 Å². The standard InChI is InChI=1S/C10H7Cl3N4S/c1-4-9(18-10(14)15-4)17-16-8-6(12)2-5(11)3-7(8)13/h2-3H,1H3,(H2,14,15). The highest BCUT2D eigenvalue weighted by Gasteiger charge is 2.08. The first-order valence-electron chi connectivity index (χ1n) is 4.76. The van der Waals surface area contributed by atoms with Crippen LogP contribution in [-0.2, 0) is 0 Å². The second kappa shape index (κ2) is 5.40. The molecule has 0 saturated heterocycles. The van der Waals surface area contributed by atoms with Gasteiger partial charge < -0.3 is 5.73 Å². The van der Waals surface area contributed by atoms with Crippen LogP contribution in [0.5, 0.6) is 0 Å². The van der Waals surface area contributed by atoms with E-state index in [0.29, 0.717) is 36.6 Å². The van der Waals surface area contributed by atoms with E-state index >= 15 is 0 Å². The normalized spacial score (nSPS) is 11.3. The number of benzene rings is 1. The van der Waals surface area contributed by atoms with Crippen LogP contribution in [-0.4, -0.2) is 4.98 Å². The summed E-state index contributed by atoms with van der Waals surface area (Å²) in [6.07, 6.45) is 0. The van der Waals surface area contributed by atoms with E-state index in [1.54, 1.807) is 19.1 Å². The highest BCUT2D eigenvalue weighted by molar-refractivity contribution is 7.19. The maximum Gasteiger partial charge on any atom is 0.182 e. The molecule has 2 aromatic rings. The Balaban J connectivity index is 2.37. The van der Waals surface area contributed by atoms with E-state index in [9.17, 15) is 0 Å². The second-order valence-corrected chi connectivity index (χ2v) is 5.62. The van der Waals surface area contributed by atoms with Gasteiger partial charge in [0.2, 0.25) is 0 Å². The van der Waals surface area contributed by atoms with Crippen LogP contribution in [0.25, 0.3) is 0 Å². The minimum Gasteiger partial charge on any atom is -0.375 e. The van der Waals surface area contributed by atoms with Gasteiger partial charge in [-0.1, -0.05) is 46.1 Å². The fourth-order valence-electron chi connectivity index (χ4n) is 1.23. The van der Waals surface area contributed by atoms with Crippen LogP contribution in [0.2, 0.25) is 15.1 Å². The van der Waals surface area contributed by atoms with Gasteiger partial charge in [-0.25, -0.2) is 4.98 Å². The van der Waals surface area contributed by atoms with Gasteiger partial charge >= 0.3 is 0 Å². The number of azo groups is 1. The summed E-state index contributed by atoms with van der Waals surface area (Å²) in [5.41, 5.74) is 6.64. The molecule has 0 atom stereocenters. The lowest BCUT2D eigenvalue weighted by Crippen LogP contribution is -1.80. The number of nitrogens with two attached hydrogens (primary N) is 1. The highest BCUT2D eigenvalue weighted by atomic mass is 35.5. The SMILES string of the molecule is Cc1nc(N)sc1N=Nc1c(Cl)cc(Cl)cc1Cl. The molecule has 4 nitrogen and oxygen atoms in total. The number of aryl methyl sites for hydroxylation is 1. The quantitative estimate of drug-likeness (QED) is 0.752. The molecular formula is C10H7Cl3N4S. The number of rotatable bonds is 2. The Morgan fingerprint density at radius 2 is 1.78 bits per heavy atom. The second-order valence-electron chi connectivity index (χ2n) is 3.36. The van der Waals surface area contributed by atoms with Crippen molar-refractivity contribution in [2.45, 2.75) is 6.92 Å². The molecule has 1 heterocycles. The molecule has 94 valence electrons. The van der Waals surface area contributed by atoms with Gasteiger partial charge in [-0.3, -0.25) is 0 Å².